The first-order valence-corrected chi connectivity index (χ1v) is 8.42. The molecular formula is C19H17N5O5. The molecule has 0 radical (unpaired) electrons. The molecule has 0 aliphatic rings. The average molecular weight is 395 g/mol. The molecule has 3 aromatic rings. The van der Waals surface area contributed by atoms with E-state index in [0.717, 1.165) is 10.8 Å². The zero-order valence-electron chi connectivity index (χ0n) is 15.3. The van der Waals surface area contributed by atoms with Crippen molar-refractivity contribution in [3.05, 3.63) is 86.3 Å². The Morgan fingerprint density at radius 3 is 2.59 bits per heavy atom. The number of methoxy groups -OCH3 is 1. The molecule has 1 amide bonds. The number of nitrogens with one attached hydrogen (secondary N) is 2. The largest absolute Gasteiger partial charge is 0.497 e. The molecule has 3 rings (SSSR count). The van der Waals surface area contributed by atoms with Gasteiger partial charge in [-0.05, 0) is 29.8 Å². The van der Waals surface area contributed by atoms with E-state index in [1.165, 1.54) is 31.6 Å². The number of amides is 1. The SMILES string of the molecule is COc1ccc(Cn2c(O)c(/C=N/NC(=O)c3ccncc3)c(=O)[nH]c2=O)cc1. The van der Waals surface area contributed by atoms with Crippen molar-refractivity contribution in [2.24, 2.45) is 5.10 Å². The van der Waals surface area contributed by atoms with Gasteiger partial charge in [0.1, 0.15) is 11.3 Å². The molecule has 0 unspecified atom stereocenters. The van der Waals surface area contributed by atoms with Crippen LogP contribution >= 0.6 is 0 Å². The van der Waals surface area contributed by atoms with Crippen molar-refractivity contribution in [1.29, 1.82) is 0 Å². The number of rotatable bonds is 6. The number of carbonyl (C=O) groups excluding carboxylic acids is 1. The number of aromatic nitrogens is 3. The lowest BCUT2D eigenvalue weighted by molar-refractivity contribution is 0.0955. The van der Waals surface area contributed by atoms with Gasteiger partial charge in [-0.1, -0.05) is 12.1 Å². The second-order valence-corrected chi connectivity index (χ2v) is 5.87. The molecule has 0 spiro atoms. The molecule has 29 heavy (non-hydrogen) atoms. The summed E-state index contributed by atoms with van der Waals surface area (Å²) in [4.78, 5) is 42.0. The van der Waals surface area contributed by atoms with Crippen LogP contribution in [0.3, 0.4) is 0 Å². The summed E-state index contributed by atoms with van der Waals surface area (Å²) in [6.07, 6.45) is 3.87. The quantitative estimate of drug-likeness (QED) is 0.409. The van der Waals surface area contributed by atoms with Crippen molar-refractivity contribution in [3.8, 4) is 11.6 Å². The maximum absolute atomic E-state index is 12.1. The fourth-order valence-electron chi connectivity index (χ4n) is 2.47. The second kappa shape index (κ2) is 8.65. The minimum Gasteiger partial charge on any atom is -0.497 e. The molecule has 148 valence electrons. The van der Waals surface area contributed by atoms with Gasteiger partial charge < -0.3 is 9.84 Å². The Kier molecular flexibility index (Phi) is 5.83. The number of pyridine rings is 1. The van der Waals surface area contributed by atoms with E-state index in [1.807, 2.05) is 0 Å². The summed E-state index contributed by atoms with van der Waals surface area (Å²) in [5.41, 5.74) is 1.37. The van der Waals surface area contributed by atoms with Crippen molar-refractivity contribution < 1.29 is 14.6 Å². The molecule has 0 bridgehead atoms. The van der Waals surface area contributed by atoms with E-state index in [9.17, 15) is 19.5 Å². The first kappa shape index (κ1) is 19.5. The van der Waals surface area contributed by atoms with Gasteiger partial charge in [0.2, 0.25) is 5.88 Å². The third-order valence-corrected chi connectivity index (χ3v) is 4.01. The third-order valence-electron chi connectivity index (χ3n) is 4.01. The summed E-state index contributed by atoms with van der Waals surface area (Å²) in [5.74, 6) is -0.452. The standard InChI is InChI=1S/C19H17N5O5/c1-29-14-4-2-12(3-5-14)11-24-18(27)15(17(26)22-19(24)28)10-21-23-16(25)13-6-8-20-9-7-13/h2-10,27H,11H2,1H3,(H,23,25)(H,22,26,28)/b21-10+. The van der Waals surface area contributed by atoms with Crippen LogP contribution in [0.1, 0.15) is 21.5 Å². The van der Waals surface area contributed by atoms with Crippen molar-refractivity contribution >= 4 is 12.1 Å². The normalized spacial score (nSPS) is 10.8. The minimum absolute atomic E-state index is 0.00958. The van der Waals surface area contributed by atoms with Gasteiger partial charge in [-0.25, -0.2) is 10.2 Å². The number of aromatic hydroxyl groups is 1. The Balaban J connectivity index is 1.83. The van der Waals surface area contributed by atoms with E-state index in [2.05, 4.69) is 20.5 Å². The Labute approximate surface area is 164 Å². The molecule has 2 aromatic heterocycles. The van der Waals surface area contributed by atoms with Gasteiger partial charge in [0.25, 0.3) is 11.5 Å². The van der Waals surface area contributed by atoms with Gasteiger partial charge in [0.05, 0.1) is 19.9 Å². The van der Waals surface area contributed by atoms with Gasteiger partial charge in [-0.15, -0.1) is 0 Å². The van der Waals surface area contributed by atoms with Gasteiger partial charge in [0.15, 0.2) is 0 Å². The van der Waals surface area contributed by atoms with Crippen molar-refractivity contribution in [2.75, 3.05) is 7.11 Å². The highest BCUT2D eigenvalue weighted by atomic mass is 16.5. The highest BCUT2D eigenvalue weighted by molar-refractivity contribution is 5.94. The van der Waals surface area contributed by atoms with Crippen LogP contribution in [0, 0.1) is 0 Å². The number of hydrogen-bond acceptors (Lipinski definition) is 7. The number of aromatic amines is 1. The maximum Gasteiger partial charge on any atom is 0.331 e. The first-order chi connectivity index (χ1) is 14.0. The number of ether oxygens (including phenoxy) is 1. The van der Waals surface area contributed by atoms with Crippen LogP contribution < -0.4 is 21.4 Å². The van der Waals surface area contributed by atoms with E-state index in [1.54, 1.807) is 24.3 Å². The van der Waals surface area contributed by atoms with Crippen LogP contribution in [0.5, 0.6) is 11.6 Å². The summed E-state index contributed by atoms with van der Waals surface area (Å²) < 4.78 is 6.06. The van der Waals surface area contributed by atoms with Crippen LogP contribution in [0.4, 0.5) is 0 Å². The molecule has 1 aromatic carbocycles. The smallest absolute Gasteiger partial charge is 0.331 e. The summed E-state index contributed by atoms with van der Waals surface area (Å²) >= 11 is 0. The molecule has 10 heteroatoms. The van der Waals surface area contributed by atoms with Crippen LogP contribution in [-0.2, 0) is 6.54 Å². The lowest BCUT2D eigenvalue weighted by atomic mass is 10.2. The summed E-state index contributed by atoms with van der Waals surface area (Å²) in [6, 6.07) is 9.84. The van der Waals surface area contributed by atoms with Crippen LogP contribution in [0.2, 0.25) is 0 Å². The number of hydrogen-bond donors (Lipinski definition) is 3. The maximum atomic E-state index is 12.1. The zero-order chi connectivity index (χ0) is 20.8. The van der Waals surface area contributed by atoms with Crippen molar-refractivity contribution in [3.63, 3.8) is 0 Å². The highest BCUT2D eigenvalue weighted by Crippen LogP contribution is 2.14. The Morgan fingerprint density at radius 2 is 1.93 bits per heavy atom. The molecule has 0 fully saturated rings. The van der Waals surface area contributed by atoms with Gasteiger partial charge >= 0.3 is 5.69 Å². The number of H-pyrrole nitrogens is 1. The predicted molar refractivity (Wildman–Crippen MR) is 104 cm³/mol. The topological polar surface area (TPSA) is 139 Å². The molecule has 0 aliphatic carbocycles. The summed E-state index contributed by atoms with van der Waals surface area (Å²) in [7, 11) is 1.53. The van der Waals surface area contributed by atoms with Gasteiger partial charge in [0, 0.05) is 18.0 Å². The zero-order valence-corrected chi connectivity index (χ0v) is 15.3. The van der Waals surface area contributed by atoms with Crippen molar-refractivity contribution in [1.82, 2.24) is 20.0 Å². The monoisotopic (exact) mass is 395 g/mol. The Morgan fingerprint density at radius 1 is 1.24 bits per heavy atom. The average Bonchev–Trinajstić information content (AvgIpc) is 2.74. The van der Waals surface area contributed by atoms with E-state index in [4.69, 9.17) is 4.74 Å². The number of benzene rings is 1. The molecule has 0 saturated heterocycles. The van der Waals surface area contributed by atoms with Gasteiger partial charge in [-0.3, -0.25) is 24.1 Å². The molecule has 10 nitrogen and oxygen atoms in total. The molecular weight excluding hydrogens is 378 g/mol. The van der Waals surface area contributed by atoms with E-state index in [0.29, 0.717) is 16.9 Å². The summed E-state index contributed by atoms with van der Waals surface area (Å²) in [6.45, 7) is 0.00958. The predicted octanol–water partition coefficient (Wildman–Crippen LogP) is 0.458. The number of carbonyl (C=O) groups is 1. The van der Waals surface area contributed by atoms with Crippen LogP contribution in [-0.4, -0.2) is 38.9 Å². The van der Waals surface area contributed by atoms with E-state index < -0.39 is 23.0 Å². The number of hydrazone groups is 1. The van der Waals surface area contributed by atoms with E-state index >= 15 is 0 Å². The number of nitrogens with zero attached hydrogens (tertiary/aromatic N) is 3. The fraction of sp³-hybridized carbons (Fsp3) is 0.105. The second-order valence-electron chi connectivity index (χ2n) is 5.87. The summed E-state index contributed by atoms with van der Waals surface area (Å²) in [5, 5.41) is 14.1. The minimum atomic E-state index is -0.833. The molecule has 0 atom stereocenters. The molecule has 0 saturated carbocycles. The lowest BCUT2D eigenvalue weighted by Gasteiger charge is -2.10. The Bertz CT molecular complexity index is 1150. The molecule has 2 heterocycles. The van der Waals surface area contributed by atoms with Crippen LogP contribution in [0.15, 0.2) is 63.5 Å². The first-order valence-electron chi connectivity index (χ1n) is 8.42. The molecule has 3 N–H and O–H groups in total. The van der Waals surface area contributed by atoms with Crippen molar-refractivity contribution in [2.45, 2.75) is 6.54 Å². The third kappa shape index (κ3) is 4.56. The van der Waals surface area contributed by atoms with Crippen LogP contribution in [0.25, 0.3) is 0 Å². The Hall–Kier alpha value is -4.21. The van der Waals surface area contributed by atoms with Gasteiger partial charge in [-0.2, -0.15) is 5.10 Å². The highest BCUT2D eigenvalue weighted by Gasteiger charge is 2.13. The lowest BCUT2D eigenvalue weighted by Crippen LogP contribution is -2.32. The fourth-order valence-corrected chi connectivity index (χ4v) is 2.47. The van der Waals surface area contributed by atoms with E-state index in [-0.39, 0.29) is 12.1 Å². The molecule has 0 aliphatic heterocycles.